The van der Waals surface area contributed by atoms with Gasteiger partial charge in [-0.05, 0) is 18.1 Å². The van der Waals surface area contributed by atoms with E-state index in [2.05, 4.69) is 12.2 Å². The van der Waals surface area contributed by atoms with Gasteiger partial charge in [-0.15, -0.1) is 0 Å². The van der Waals surface area contributed by atoms with Crippen LogP contribution in [0.25, 0.3) is 0 Å². The quantitative estimate of drug-likeness (QED) is 0.829. The molecule has 0 radical (unpaired) electrons. The third kappa shape index (κ3) is 4.99. The highest BCUT2D eigenvalue weighted by molar-refractivity contribution is 5.90. The van der Waals surface area contributed by atoms with Gasteiger partial charge in [-0.3, -0.25) is 4.79 Å². The summed E-state index contributed by atoms with van der Waals surface area (Å²) < 4.78 is 0. The number of nitrogens with one attached hydrogen (secondary N) is 1. The molecule has 0 aromatic heterocycles. The van der Waals surface area contributed by atoms with Crippen molar-refractivity contribution in [1.29, 1.82) is 0 Å². The molecule has 0 unspecified atom stereocenters. The first-order valence-corrected chi connectivity index (χ1v) is 6.36. The number of carbonyl (C=O) groups is 2. The van der Waals surface area contributed by atoms with Gasteiger partial charge in [0.25, 0.3) is 0 Å². The van der Waals surface area contributed by atoms with Gasteiger partial charge < -0.3 is 15.3 Å². The Bertz CT molecular complexity index is 446. The van der Waals surface area contributed by atoms with Crippen LogP contribution in [0.15, 0.2) is 24.3 Å². The van der Waals surface area contributed by atoms with E-state index in [1.807, 2.05) is 0 Å². The fourth-order valence-electron chi connectivity index (χ4n) is 1.67. The molecule has 0 heterocycles. The van der Waals surface area contributed by atoms with Crippen molar-refractivity contribution in [2.24, 2.45) is 0 Å². The topological polar surface area (TPSA) is 69.6 Å². The van der Waals surface area contributed by atoms with Gasteiger partial charge in [0.15, 0.2) is 0 Å². The number of nitrogens with zero attached hydrogens (tertiary/aromatic N) is 1. The summed E-state index contributed by atoms with van der Waals surface area (Å²) in [7, 11) is 1.73. The maximum Gasteiger partial charge on any atom is 0.321 e. The third-order valence-corrected chi connectivity index (χ3v) is 2.79. The van der Waals surface area contributed by atoms with Crippen LogP contribution in [-0.2, 0) is 11.2 Å². The number of carboxylic acids is 1. The molecule has 19 heavy (non-hydrogen) atoms. The van der Waals surface area contributed by atoms with E-state index in [9.17, 15) is 9.59 Å². The lowest BCUT2D eigenvalue weighted by Gasteiger charge is -2.18. The Hall–Kier alpha value is -2.04. The molecule has 5 heteroatoms. The van der Waals surface area contributed by atoms with E-state index in [4.69, 9.17) is 5.11 Å². The summed E-state index contributed by atoms with van der Waals surface area (Å²) in [5.41, 5.74) is 1.16. The average Bonchev–Trinajstić information content (AvgIpc) is 2.37. The average molecular weight is 264 g/mol. The van der Waals surface area contributed by atoms with Gasteiger partial charge in [-0.1, -0.05) is 31.5 Å². The highest BCUT2D eigenvalue weighted by Gasteiger charge is 2.11. The van der Waals surface area contributed by atoms with Crippen molar-refractivity contribution >= 4 is 17.7 Å². The van der Waals surface area contributed by atoms with Crippen molar-refractivity contribution in [3.05, 3.63) is 29.8 Å². The van der Waals surface area contributed by atoms with Crippen LogP contribution in [0.3, 0.4) is 0 Å². The molecule has 2 N–H and O–H groups in total. The van der Waals surface area contributed by atoms with Gasteiger partial charge >= 0.3 is 12.0 Å². The van der Waals surface area contributed by atoms with Crippen molar-refractivity contribution in [1.82, 2.24) is 4.90 Å². The smallest absolute Gasteiger partial charge is 0.321 e. The zero-order valence-corrected chi connectivity index (χ0v) is 11.3. The van der Waals surface area contributed by atoms with Crippen molar-refractivity contribution in [3.63, 3.8) is 0 Å². The molecule has 104 valence electrons. The Morgan fingerprint density at radius 3 is 2.63 bits per heavy atom. The molecule has 1 aromatic rings. The molecule has 2 amide bonds. The lowest BCUT2D eigenvalue weighted by molar-refractivity contribution is -0.136. The second-order valence-corrected chi connectivity index (χ2v) is 4.43. The van der Waals surface area contributed by atoms with E-state index >= 15 is 0 Å². The van der Waals surface area contributed by atoms with E-state index in [0.29, 0.717) is 17.8 Å². The molecule has 0 aliphatic heterocycles. The van der Waals surface area contributed by atoms with Crippen LogP contribution in [-0.4, -0.2) is 35.6 Å². The number of anilines is 1. The summed E-state index contributed by atoms with van der Waals surface area (Å²) in [6.07, 6.45) is 1.86. The first kappa shape index (κ1) is 15.0. The second kappa shape index (κ2) is 7.41. The number of hydrogen-bond donors (Lipinski definition) is 2. The molecule has 1 aromatic carbocycles. The van der Waals surface area contributed by atoms with E-state index in [1.54, 1.807) is 36.2 Å². The maximum atomic E-state index is 11.9. The fourth-order valence-corrected chi connectivity index (χ4v) is 1.67. The molecule has 0 aliphatic carbocycles. The van der Waals surface area contributed by atoms with Crippen molar-refractivity contribution in [2.75, 3.05) is 18.9 Å². The van der Waals surface area contributed by atoms with Gasteiger partial charge in [-0.2, -0.15) is 0 Å². The van der Waals surface area contributed by atoms with Crippen LogP contribution in [0.5, 0.6) is 0 Å². The Balaban J connectivity index is 2.70. The molecule has 0 fully saturated rings. The Kier molecular flexibility index (Phi) is 5.85. The summed E-state index contributed by atoms with van der Waals surface area (Å²) >= 11 is 0. The minimum atomic E-state index is -0.916. The van der Waals surface area contributed by atoms with E-state index in [1.165, 1.54) is 0 Å². The minimum Gasteiger partial charge on any atom is -0.481 e. The Labute approximate surface area is 113 Å². The molecule has 0 bridgehead atoms. The van der Waals surface area contributed by atoms with Crippen LogP contribution in [0.4, 0.5) is 10.5 Å². The normalized spacial score (nSPS) is 10.0. The summed E-state index contributed by atoms with van der Waals surface area (Å²) in [6.45, 7) is 2.75. The highest BCUT2D eigenvalue weighted by atomic mass is 16.4. The largest absolute Gasteiger partial charge is 0.481 e. The Morgan fingerprint density at radius 1 is 1.32 bits per heavy atom. The van der Waals surface area contributed by atoms with E-state index < -0.39 is 5.97 Å². The first-order chi connectivity index (χ1) is 9.04. The molecule has 5 nitrogen and oxygen atoms in total. The SMILES string of the molecule is CCCCN(C)C(=O)Nc1ccccc1CC(=O)O. The molecule has 0 aliphatic rings. The molecule has 0 saturated carbocycles. The van der Waals surface area contributed by atoms with E-state index in [-0.39, 0.29) is 12.5 Å². The molecular weight excluding hydrogens is 244 g/mol. The standard InChI is InChI=1S/C14H20N2O3/c1-3-4-9-16(2)14(19)15-12-8-6-5-7-11(12)10-13(17)18/h5-8H,3-4,9-10H2,1-2H3,(H,15,19)(H,17,18). The molecule has 0 spiro atoms. The van der Waals surface area contributed by atoms with Crippen molar-refractivity contribution in [2.45, 2.75) is 26.2 Å². The summed E-state index contributed by atoms with van der Waals surface area (Å²) in [6, 6.07) is 6.73. The summed E-state index contributed by atoms with van der Waals surface area (Å²) in [5.74, 6) is -0.916. The number of hydrogen-bond acceptors (Lipinski definition) is 2. The van der Waals surface area contributed by atoms with Crippen LogP contribution >= 0.6 is 0 Å². The number of unbranched alkanes of at least 4 members (excludes halogenated alkanes) is 1. The number of carbonyl (C=O) groups excluding carboxylic acids is 1. The molecular formula is C14H20N2O3. The highest BCUT2D eigenvalue weighted by Crippen LogP contribution is 2.16. The van der Waals surface area contributed by atoms with Crippen LogP contribution in [0.1, 0.15) is 25.3 Å². The summed E-state index contributed by atoms with van der Waals surface area (Å²) in [4.78, 5) is 24.3. The number of urea groups is 1. The predicted molar refractivity (Wildman–Crippen MR) is 74.3 cm³/mol. The molecule has 0 saturated heterocycles. The van der Waals surface area contributed by atoms with Crippen LogP contribution in [0, 0.1) is 0 Å². The molecule has 0 atom stereocenters. The van der Waals surface area contributed by atoms with Crippen molar-refractivity contribution in [3.8, 4) is 0 Å². The first-order valence-electron chi connectivity index (χ1n) is 6.36. The number of carboxylic acid groups (broad SMARTS) is 1. The summed E-state index contributed by atoms with van der Waals surface area (Å²) in [5, 5.41) is 11.6. The van der Waals surface area contributed by atoms with Gasteiger partial charge in [0.2, 0.25) is 0 Å². The maximum absolute atomic E-state index is 11.9. The van der Waals surface area contributed by atoms with Gasteiger partial charge in [0, 0.05) is 19.3 Å². The lowest BCUT2D eigenvalue weighted by atomic mass is 10.1. The van der Waals surface area contributed by atoms with Gasteiger partial charge in [0.1, 0.15) is 0 Å². The zero-order valence-electron chi connectivity index (χ0n) is 11.3. The van der Waals surface area contributed by atoms with Crippen molar-refractivity contribution < 1.29 is 14.7 Å². The van der Waals surface area contributed by atoms with E-state index in [0.717, 1.165) is 12.8 Å². The minimum absolute atomic E-state index is 0.102. The predicted octanol–water partition coefficient (Wildman–Crippen LogP) is 2.58. The fraction of sp³-hybridized carbons (Fsp3) is 0.429. The third-order valence-electron chi connectivity index (χ3n) is 2.79. The zero-order chi connectivity index (χ0) is 14.3. The van der Waals surface area contributed by atoms with Crippen LogP contribution in [0.2, 0.25) is 0 Å². The lowest BCUT2D eigenvalue weighted by Crippen LogP contribution is -2.32. The van der Waals surface area contributed by atoms with Gasteiger partial charge in [0.05, 0.1) is 6.42 Å². The van der Waals surface area contributed by atoms with Crippen LogP contribution < -0.4 is 5.32 Å². The second-order valence-electron chi connectivity index (χ2n) is 4.43. The molecule has 1 rings (SSSR count). The number of rotatable bonds is 6. The Morgan fingerprint density at radius 2 is 2.00 bits per heavy atom. The number of benzene rings is 1. The van der Waals surface area contributed by atoms with Gasteiger partial charge in [-0.25, -0.2) is 4.79 Å². The number of amides is 2. The number of aliphatic carboxylic acids is 1. The number of para-hydroxylation sites is 1. The monoisotopic (exact) mass is 264 g/mol.